The Labute approximate surface area is 208 Å². The quantitative estimate of drug-likeness (QED) is 0.372. The Bertz CT molecular complexity index is 1450. The molecule has 1 aromatic carbocycles. The maximum atomic E-state index is 14.7. The van der Waals surface area contributed by atoms with Crippen LogP contribution in [0.5, 0.6) is 5.88 Å². The number of ether oxygens (including phenoxy) is 2. The van der Waals surface area contributed by atoms with Crippen LogP contribution in [-0.2, 0) is 4.74 Å². The lowest BCUT2D eigenvalue weighted by atomic mass is 10.1. The van der Waals surface area contributed by atoms with Crippen LogP contribution in [-0.4, -0.2) is 92.3 Å². The lowest BCUT2D eigenvalue weighted by Gasteiger charge is -2.34. The Morgan fingerprint density at radius 1 is 1.22 bits per heavy atom. The Morgan fingerprint density at radius 2 is 2.03 bits per heavy atom. The zero-order chi connectivity index (χ0) is 25.9. The first-order valence-electron chi connectivity index (χ1n) is 11.8. The van der Waals surface area contributed by atoms with Crippen molar-refractivity contribution in [1.29, 1.82) is 0 Å². The van der Waals surface area contributed by atoms with Gasteiger partial charge in [-0.3, -0.25) is 4.90 Å². The van der Waals surface area contributed by atoms with E-state index in [4.69, 9.17) is 9.47 Å². The van der Waals surface area contributed by atoms with E-state index in [1.807, 2.05) is 0 Å². The molecule has 1 N–H and O–H groups in total. The average molecular weight is 520 g/mol. The number of nitrogens with one attached hydrogen (secondary N) is 1. The molecule has 3 aromatic heterocycles. The van der Waals surface area contributed by atoms with Gasteiger partial charge in [0.15, 0.2) is 0 Å². The molecule has 10 nitrogen and oxygen atoms in total. The van der Waals surface area contributed by atoms with Crippen molar-refractivity contribution < 1.29 is 27.0 Å². The van der Waals surface area contributed by atoms with E-state index in [1.165, 1.54) is 23.2 Å². The molecule has 0 unspecified atom stereocenters. The van der Waals surface area contributed by atoms with Gasteiger partial charge in [0.05, 0.1) is 38.4 Å². The smallest absolute Gasteiger partial charge is 0.281 e. The van der Waals surface area contributed by atoms with Gasteiger partial charge in [-0.2, -0.15) is 4.98 Å². The largest absolute Gasteiger partial charge is 0.479 e. The number of hydrogen-bond acceptors (Lipinski definition) is 8. The zero-order valence-corrected chi connectivity index (χ0v) is 20.0. The molecule has 0 bridgehead atoms. The van der Waals surface area contributed by atoms with Crippen LogP contribution in [0.3, 0.4) is 0 Å². The van der Waals surface area contributed by atoms with Crippen molar-refractivity contribution in [3.05, 3.63) is 30.5 Å². The van der Waals surface area contributed by atoms with E-state index in [9.17, 15) is 17.6 Å². The summed E-state index contributed by atoms with van der Waals surface area (Å²) in [6.45, 7) is 2.06. The fourth-order valence-corrected chi connectivity index (χ4v) is 4.77. The van der Waals surface area contributed by atoms with E-state index in [-0.39, 0.29) is 31.0 Å². The monoisotopic (exact) mass is 520 g/mol. The number of anilines is 1. The molecule has 0 amide bonds. The first-order chi connectivity index (χ1) is 17.7. The van der Waals surface area contributed by atoms with Crippen LogP contribution in [0, 0.1) is 0 Å². The predicted octanol–water partition coefficient (Wildman–Crippen LogP) is 3.11. The lowest BCUT2D eigenvalue weighted by Crippen LogP contribution is -2.48. The van der Waals surface area contributed by atoms with Gasteiger partial charge in [-0.25, -0.2) is 26.8 Å². The number of methoxy groups -OCH3 is 1. The average Bonchev–Trinajstić information content (AvgIpc) is 3.51. The normalized spacial score (nSPS) is 21.1. The van der Waals surface area contributed by atoms with Gasteiger partial charge in [0.25, 0.3) is 12.3 Å². The van der Waals surface area contributed by atoms with E-state index >= 15 is 0 Å². The molecule has 4 aromatic rings. The second-order valence-corrected chi connectivity index (χ2v) is 9.36. The Balaban J connectivity index is 1.34. The highest BCUT2D eigenvalue weighted by molar-refractivity contribution is 5.89. The summed E-state index contributed by atoms with van der Waals surface area (Å²) in [4.78, 5) is 6.08. The minimum Gasteiger partial charge on any atom is -0.479 e. The van der Waals surface area contributed by atoms with Gasteiger partial charge >= 0.3 is 0 Å². The van der Waals surface area contributed by atoms with Crippen LogP contribution >= 0.6 is 0 Å². The number of nitrogens with zero attached hydrogens (tertiary/aromatic N) is 7. The van der Waals surface area contributed by atoms with Gasteiger partial charge in [-0.1, -0.05) is 11.3 Å². The van der Waals surface area contributed by atoms with Crippen LogP contribution in [0.2, 0.25) is 0 Å². The van der Waals surface area contributed by atoms with E-state index in [0.717, 1.165) is 0 Å². The minimum absolute atomic E-state index is 0.00450. The molecule has 14 heteroatoms. The molecular weight excluding hydrogens is 496 g/mol. The van der Waals surface area contributed by atoms with Gasteiger partial charge in [0.2, 0.25) is 11.8 Å². The minimum atomic E-state index is -2.97. The maximum absolute atomic E-state index is 14.7. The topological polar surface area (TPSA) is 94.6 Å². The molecule has 0 aliphatic carbocycles. The number of hydrogen-bond donors (Lipinski definition) is 1. The third kappa shape index (κ3) is 4.03. The molecular formula is C23H24F4N8O2. The number of likely N-dealkylation sites (tertiary alicyclic amines) is 1. The molecule has 37 heavy (non-hydrogen) atoms. The van der Waals surface area contributed by atoms with Crippen LogP contribution in [0.25, 0.3) is 27.7 Å². The van der Waals surface area contributed by atoms with Gasteiger partial charge < -0.3 is 14.8 Å². The molecule has 2 atom stereocenters. The summed E-state index contributed by atoms with van der Waals surface area (Å²) >= 11 is 0. The number of aromatic nitrogens is 6. The highest BCUT2D eigenvalue weighted by Crippen LogP contribution is 2.35. The van der Waals surface area contributed by atoms with E-state index in [0.29, 0.717) is 40.9 Å². The maximum Gasteiger partial charge on any atom is 0.281 e. The van der Waals surface area contributed by atoms with Gasteiger partial charge in [0, 0.05) is 18.3 Å². The van der Waals surface area contributed by atoms with Crippen molar-refractivity contribution in [2.75, 3.05) is 38.7 Å². The van der Waals surface area contributed by atoms with E-state index in [2.05, 4.69) is 25.7 Å². The fourth-order valence-electron chi connectivity index (χ4n) is 4.77. The number of alkyl halides is 4. The molecule has 196 valence electrons. The standard InChI is InChI=1S/C23H24F4N8O2/c1-12(20(24)25)35-17-7-13(3-4-16(17)30-32-35)15-5-6-34-19(15)21(36-2)29-22(31-34)28-18-8-33(11-23(18,26)27)14-9-37-10-14/h3-7,12,14,18,20H,8-11H2,1-2H3,(H,28,31)/t12-,18+/m0/s1. The highest BCUT2D eigenvalue weighted by Gasteiger charge is 2.51. The summed E-state index contributed by atoms with van der Waals surface area (Å²) in [5.41, 5.74) is 2.79. The molecule has 5 heterocycles. The predicted molar refractivity (Wildman–Crippen MR) is 125 cm³/mol. The lowest BCUT2D eigenvalue weighted by molar-refractivity contribution is -0.0711. The van der Waals surface area contributed by atoms with Crippen molar-refractivity contribution in [3.8, 4) is 17.0 Å². The number of halogens is 4. The molecule has 0 saturated carbocycles. The van der Waals surface area contributed by atoms with Crippen LogP contribution in [0.15, 0.2) is 30.5 Å². The summed E-state index contributed by atoms with van der Waals surface area (Å²) in [6.07, 6.45) is -0.948. The first-order valence-corrected chi connectivity index (χ1v) is 11.8. The Morgan fingerprint density at radius 3 is 2.73 bits per heavy atom. The zero-order valence-electron chi connectivity index (χ0n) is 20.0. The van der Waals surface area contributed by atoms with Gasteiger partial charge in [-0.15, -0.1) is 10.2 Å². The van der Waals surface area contributed by atoms with E-state index < -0.39 is 24.4 Å². The van der Waals surface area contributed by atoms with Crippen molar-refractivity contribution in [1.82, 2.24) is 34.5 Å². The van der Waals surface area contributed by atoms with Crippen LogP contribution in [0.1, 0.15) is 13.0 Å². The van der Waals surface area contributed by atoms with Crippen LogP contribution < -0.4 is 10.1 Å². The summed E-state index contributed by atoms with van der Waals surface area (Å²) < 4.78 is 69.4. The molecule has 6 rings (SSSR count). The molecule has 2 saturated heterocycles. The number of rotatable bonds is 7. The molecule has 2 aliphatic rings. The van der Waals surface area contributed by atoms with Gasteiger partial charge in [0.1, 0.15) is 23.1 Å². The second-order valence-electron chi connectivity index (χ2n) is 9.36. The first kappa shape index (κ1) is 23.9. The fraction of sp³-hybridized carbons (Fsp3) is 0.478. The summed E-state index contributed by atoms with van der Waals surface area (Å²) in [7, 11) is 1.43. The van der Waals surface area contributed by atoms with E-state index in [1.54, 1.807) is 35.4 Å². The SMILES string of the molecule is COc1nc(N[C@@H]2CN(C3COC3)CC2(F)F)nn2ccc(-c3ccc4nnn([C@@H](C)C(F)F)c4c3)c12. The summed E-state index contributed by atoms with van der Waals surface area (Å²) in [5.74, 6) is -2.78. The molecule has 0 radical (unpaired) electrons. The van der Waals surface area contributed by atoms with Crippen molar-refractivity contribution in [3.63, 3.8) is 0 Å². The van der Waals surface area contributed by atoms with Gasteiger partial charge in [-0.05, 0) is 30.7 Å². The summed E-state index contributed by atoms with van der Waals surface area (Å²) in [5, 5.41) is 15.0. The van der Waals surface area contributed by atoms with Crippen LogP contribution in [0.4, 0.5) is 23.5 Å². The van der Waals surface area contributed by atoms with Crippen molar-refractivity contribution in [2.24, 2.45) is 0 Å². The number of benzene rings is 1. The molecule has 2 fully saturated rings. The third-order valence-corrected chi connectivity index (χ3v) is 6.99. The summed E-state index contributed by atoms with van der Waals surface area (Å²) in [6, 6.07) is 4.64. The number of fused-ring (bicyclic) bond motifs is 2. The second kappa shape index (κ2) is 8.80. The molecule has 0 spiro atoms. The molecule has 2 aliphatic heterocycles. The Hall–Kier alpha value is -3.52. The third-order valence-electron chi connectivity index (χ3n) is 6.99. The van der Waals surface area contributed by atoms with Crippen molar-refractivity contribution >= 4 is 22.5 Å². The van der Waals surface area contributed by atoms with Crippen molar-refractivity contribution in [2.45, 2.75) is 37.4 Å². The highest BCUT2D eigenvalue weighted by atomic mass is 19.3. The Kier molecular flexibility index (Phi) is 5.67.